The van der Waals surface area contributed by atoms with E-state index in [1.165, 1.54) is 18.5 Å². The molecule has 0 radical (unpaired) electrons. The summed E-state index contributed by atoms with van der Waals surface area (Å²) in [7, 11) is -1.73. The van der Waals surface area contributed by atoms with Crippen LogP contribution in [0.25, 0.3) is 0 Å². The number of aryl methyl sites for hydroxylation is 1. The van der Waals surface area contributed by atoms with Crippen LogP contribution in [0.1, 0.15) is 18.2 Å². The Labute approximate surface area is 118 Å². The van der Waals surface area contributed by atoms with E-state index in [1.807, 2.05) is 19.3 Å². The largest absolute Gasteiger partial charge is 0.387 e. The molecule has 0 unspecified atom stereocenters. The van der Waals surface area contributed by atoms with Gasteiger partial charge in [0.1, 0.15) is 4.90 Å². The fraction of sp³-hybridized carbons (Fsp3) is 0.308. The molecule has 0 amide bonds. The van der Waals surface area contributed by atoms with Crippen LogP contribution >= 0.6 is 0 Å². The Balaban J connectivity index is 1.92. The Morgan fingerprint density at radius 3 is 2.80 bits per heavy atom. The molecule has 0 saturated carbocycles. The van der Waals surface area contributed by atoms with E-state index < -0.39 is 16.1 Å². The lowest BCUT2D eigenvalue weighted by Crippen LogP contribution is -2.26. The molecule has 0 aliphatic rings. The van der Waals surface area contributed by atoms with Crippen LogP contribution in [0, 0.1) is 0 Å². The Morgan fingerprint density at radius 1 is 1.40 bits per heavy atom. The highest BCUT2D eigenvalue weighted by Gasteiger charge is 2.15. The van der Waals surface area contributed by atoms with Crippen LogP contribution in [0.15, 0.2) is 47.8 Å². The molecule has 7 heteroatoms. The molecule has 2 heterocycles. The fourth-order valence-corrected chi connectivity index (χ4v) is 2.90. The second-order valence-electron chi connectivity index (χ2n) is 4.43. The van der Waals surface area contributed by atoms with Gasteiger partial charge in [-0.05, 0) is 30.7 Å². The molecule has 2 aromatic heterocycles. The van der Waals surface area contributed by atoms with Gasteiger partial charge in [0.15, 0.2) is 0 Å². The minimum atomic E-state index is -3.57. The molecule has 1 atom stereocenters. The van der Waals surface area contributed by atoms with Crippen molar-refractivity contribution in [2.45, 2.75) is 17.4 Å². The van der Waals surface area contributed by atoms with Crippen LogP contribution in [0.4, 0.5) is 0 Å². The van der Waals surface area contributed by atoms with Crippen molar-refractivity contribution < 1.29 is 13.5 Å². The van der Waals surface area contributed by atoms with Crippen LogP contribution < -0.4 is 4.72 Å². The maximum Gasteiger partial charge on any atom is 0.242 e. The molecule has 0 spiro atoms. The topological polar surface area (TPSA) is 84.2 Å². The van der Waals surface area contributed by atoms with Crippen LogP contribution in [0.2, 0.25) is 0 Å². The number of sulfonamides is 1. The Morgan fingerprint density at radius 2 is 2.20 bits per heavy atom. The van der Waals surface area contributed by atoms with Gasteiger partial charge in [-0.3, -0.25) is 4.98 Å². The highest BCUT2D eigenvalue weighted by atomic mass is 32.2. The molecular weight excluding hydrogens is 278 g/mol. The smallest absolute Gasteiger partial charge is 0.242 e. The molecule has 0 fully saturated rings. The van der Waals surface area contributed by atoms with E-state index in [4.69, 9.17) is 0 Å². The SMILES string of the molecule is Cn1cccc1[C@@H](O)CCNS(=O)(=O)c1cccnc1. The van der Waals surface area contributed by atoms with Crippen molar-refractivity contribution in [1.82, 2.24) is 14.3 Å². The third-order valence-corrected chi connectivity index (χ3v) is 4.43. The van der Waals surface area contributed by atoms with Crippen molar-refractivity contribution in [1.29, 1.82) is 0 Å². The Kier molecular flexibility index (Phi) is 4.53. The lowest BCUT2D eigenvalue weighted by atomic mass is 10.2. The number of hydrogen-bond acceptors (Lipinski definition) is 4. The molecule has 0 aromatic carbocycles. The number of aliphatic hydroxyl groups is 1. The lowest BCUT2D eigenvalue weighted by Gasteiger charge is -2.12. The molecule has 0 aliphatic carbocycles. The number of aromatic nitrogens is 2. The van der Waals surface area contributed by atoms with E-state index in [9.17, 15) is 13.5 Å². The first-order valence-electron chi connectivity index (χ1n) is 6.20. The van der Waals surface area contributed by atoms with Crippen LogP contribution in [0.5, 0.6) is 0 Å². The molecule has 6 nitrogen and oxygen atoms in total. The molecular formula is C13H17N3O3S. The van der Waals surface area contributed by atoms with Crippen molar-refractivity contribution in [3.63, 3.8) is 0 Å². The minimum Gasteiger partial charge on any atom is -0.387 e. The summed E-state index contributed by atoms with van der Waals surface area (Å²) in [6.07, 6.45) is 4.23. The van der Waals surface area contributed by atoms with Crippen molar-refractivity contribution in [2.75, 3.05) is 6.54 Å². The highest BCUT2D eigenvalue weighted by Crippen LogP contribution is 2.16. The zero-order valence-electron chi connectivity index (χ0n) is 11.1. The van der Waals surface area contributed by atoms with Gasteiger partial charge in [0.05, 0.1) is 6.10 Å². The van der Waals surface area contributed by atoms with Gasteiger partial charge in [-0.1, -0.05) is 0 Å². The first-order valence-corrected chi connectivity index (χ1v) is 7.68. The number of nitrogens with one attached hydrogen (secondary N) is 1. The molecule has 0 bridgehead atoms. The first-order chi connectivity index (χ1) is 9.50. The van der Waals surface area contributed by atoms with E-state index >= 15 is 0 Å². The quantitative estimate of drug-likeness (QED) is 0.826. The van der Waals surface area contributed by atoms with Crippen molar-refractivity contribution >= 4 is 10.0 Å². The number of nitrogens with zero attached hydrogens (tertiary/aromatic N) is 2. The van der Waals surface area contributed by atoms with Gasteiger partial charge in [-0.2, -0.15) is 0 Å². The normalized spacial score (nSPS) is 13.3. The van der Waals surface area contributed by atoms with Crippen LogP contribution in [0.3, 0.4) is 0 Å². The van der Waals surface area contributed by atoms with Crippen molar-refractivity contribution in [2.24, 2.45) is 7.05 Å². The van der Waals surface area contributed by atoms with Gasteiger partial charge >= 0.3 is 0 Å². The fourth-order valence-electron chi connectivity index (χ4n) is 1.89. The molecule has 2 rings (SSSR count). The van der Waals surface area contributed by atoms with Crippen molar-refractivity contribution in [3.05, 3.63) is 48.5 Å². The summed E-state index contributed by atoms with van der Waals surface area (Å²) in [4.78, 5) is 3.89. The van der Waals surface area contributed by atoms with Gasteiger partial charge in [0.2, 0.25) is 10.0 Å². The van der Waals surface area contributed by atoms with E-state index in [1.54, 1.807) is 16.7 Å². The number of rotatable bonds is 6. The van der Waals surface area contributed by atoms with Gasteiger partial charge < -0.3 is 9.67 Å². The standard InChI is InChI=1S/C13H17N3O3S/c1-16-9-3-5-12(16)13(17)6-8-15-20(18,19)11-4-2-7-14-10-11/h2-5,7,9-10,13,15,17H,6,8H2,1H3/t13-/m0/s1. The predicted molar refractivity (Wildman–Crippen MR) is 74.4 cm³/mol. The summed E-state index contributed by atoms with van der Waals surface area (Å²) in [6.45, 7) is 0.156. The van der Waals surface area contributed by atoms with E-state index in [0.717, 1.165) is 5.69 Å². The molecule has 0 aliphatic heterocycles. The van der Waals surface area contributed by atoms with E-state index in [2.05, 4.69) is 9.71 Å². The molecule has 108 valence electrons. The third kappa shape index (κ3) is 3.44. The number of pyridine rings is 1. The van der Waals surface area contributed by atoms with Gasteiger partial charge in [0, 0.05) is 37.9 Å². The second kappa shape index (κ2) is 6.17. The summed E-state index contributed by atoms with van der Waals surface area (Å²) >= 11 is 0. The summed E-state index contributed by atoms with van der Waals surface area (Å²) < 4.78 is 28.1. The van der Waals surface area contributed by atoms with Gasteiger partial charge in [-0.25, -0.2) is 13.1 Å². The lowest BCUT2D eigenvalue weighted by molar-refractivity contribution is 0.161. The highest BCUT2D eigenvalue weighted by molar-refractivity contribution is 7.89. The van der Waals surface area contributed by atoms with Crippen LogP contribution in [-0.4, -0.2) is 29.6 Å². The average Bonchev–Trinajstić information content (AvgIpc) is 2.86. The first kappa shape index (κ1) is 14.7. The van der Waals surface area contributed by atoms with Crippen LogP contribution in [-0.2, 0) is 17.1 Å². The second-order valence-corrected chi connectivity index (χ2v) is 6.20. The monoisotopic (exact) mass is 295 g/mol. The molecule has 2 N–H and O–H groups in total. The number of hydrogen-bond donors (Lipinski definition) is 2. The Hall–Kier alpha value is -1.70. The summed E-state index contributed by atoms with van der Waals surface area (Å²) in [5.74, 6) is 0. The van der Waals surface area contributed by atoms with Crippen molar-refractivity contribution in [3.8, 4) is 0 Å². The molecule has 2 aromatic rings. The molecule has 20 heavy (non-hydrogen) atoms. The average molecular weight is 295 g/mol. The summed E-state index contributed by atoms with van der Waals surface area (Å²) in [6, 6.07) is 6.68. The zero-order valence-corrected chi connectivity index (χ0v) is 11.9. The van der Waals surface area contributed by atoms with E-state index in [0.29, 0.717) is 6.42 Å². The summed E-state index contributed by atoms with van der Waals surface area (Å²) in [5.41, 5.74) is 0.755. The maximum absolute atomic E-state index is 11.9. The minimum absolute atomic E-state index is 0.119. The third-order valence-electron chi connectivity index (χ3n) is 2.98. The van der Waals surface area contributed by atoms with E-state index in [-0.39, 0.29) is 11.4 Å². The number of aliphatic hydroxyl groups excluding tert-OH is 1. The van der Waals surface area contributed by atoms with Gasteiger partial charge in [0.25, 0.3) is 0 Å². The molecule has 0 saturated heterocycles. The predicted octanol–water partition coefficient (Wildman–Crippen LogP) is 0.822. The van der Waals surface area contributed by atoms with Gasteiger partial charge in [-0.15, -0.1) is 0 Å². The zero-order chi connectivity index (χ0) is 14.6. The maximum atomic E-state index is 11.9. The Bertz CT molecular complexity index is 653. The summed E-state index contributed by atoms with van der Waals surface area (Å²) in [5, 5.41) is 9.99.